The van der Waals surface area contributed by atoms with E-state index in [1.54, 1.807) is 19.3 Å². The van der Waals surface area contributed by atoms with Gasteiger partial charge in [0.15, 0.2) is 0 Å². The number of rotatable bonds is 4. The molecule has 0 unspecified atom stereocenters. The van der Waals surface area contributed by atoms with E-state index in [9.17, 15) is 4.79 Å². The quantitative estimate of drug-likeness (QED) is 0.459. The maximum atomic E-state index is 11.8. The van der Waals surface area contributed by atoms with Crippen LogP contribution in [0.15, 0.2) is 22.2 Å². The molecular weight excluding hydrogens is 252 g/mol. The summed E-state index contributed by atoms with van der Waals surface area (Å²) in [5, 5.41) is 15.5. The molecule has 9 nitrogen and oxygen atoms in total. The zero-order valence-corrected chi connectivity index (χ0v) is 10.3. The number of aliphatic hydroxyl groups excluding tert-OH is 1. The molecule has 0 amide bonds. The highest BCUT2D eigenvalue weighted by Gasteiger charge is 2.35. The molecule has 1 aliphatic heterocycles. The lowest BCUT2D eigenvalue weighted by molar-refractivity contribution is -0.0269. The summed E-state index contributed by atoms with van der Waals surface area (Å²) in [7, 11) is 1.66. The van der Waals surface area contributed by atoms with Crippen molar-refractivity contribution < 1.29 is 9.84 Å². The Hall–Kier alpha value is -2.09. The van der Waals surface area contributed by atoms with E-state index in [1.165, 1.54) is 4.57 Å². The predicted octanol–water partition coefficient (Wildman–Crippen LogP) is 0.244. The van der Waals surface area contributed by atoms with Crippen LogP contribution in [0, 0.1) is 0 Å². The van der Waals surface area contributed by atoms with Gasteiger partial charge in [-0.2, -0.15) is 4.98 Å². The molecule has 1 saturated heterocycles. The standard InChI is InChI=1S/C10H14N6O3/c1-12-8-2-3-16(10(18)13-8)9-4-6(14-15-11)7(5-17)19-9/h2-3,6-7,9,17H,4-5H2,1H3,(H,12,13,18)/t6-,7+,9+/m0/s1. The van der Waals surface area contributed by atoms with Crippen molar-refractivity contribution in [2.75, 3.05) is 19.0 Å². The average molecular weight is 266 g/mol. The molecule has 19 heavy (non-hydrogen) atoms. The van der Waals surface area contributed by atoms with Gasteiger partial charge in [0, 0.05) is 24.6 Å². The second-order valence-corrected chi connectivity index (χ2v) is 4.07. The Bertz CT molecular complexity index is 552. The number of azide groups is 1. The summed E-state index contributed by atoms with van der Waals surface area (Å²) in [6.07, 6.45) is 0.699. The molecule has 0 bridgehead atoms. The van der Waals surface area contributed by atoms with Crippen LogP contribution < -0.4 is 11.0 Å². The molecule has 2 N–H and O–H groups in total. The monoisotopic (exact) mass is 266 g/mol. The Morgan fingerprint density at radius 1 is 1.79 bits per heavy atom. The van der Waals surface area contributed by atoms with E-state index in [1.807, 2.05) is 0 Å². The highest BCUT2D eigenvalue weighted by atomic mass is 16.5. The van der Waals surface area contributed by atoms with Gasteiger partial charge in [-0.3, -0.25) is 4.57 Å². The van der Waals surface area contributed by atoms with E-state index in [4.69, 9.17) is 15.4 Å². The van der Waals surface area contributed by atoms with E-state index >= 15 is 0 Å². The molecule has 102 valence electrons. The van der Waals surface area contributed by atoms with Crippen molar-refractivity contribution in [3.05, 3.63) is 33.2 Å². The minimum atomic E-state index is -0.600. The van der Waals surface area contributed by atoms with Gasteiger partial charge in [0.1, 0.15) is 12.0 Å². The fourth-order valence-electron chi connectivity index (χ4n) is 2.01. The van der Waals surface area contributed by atoms with Crippen LogP contribution >= 0.6 is 0 Å². The fraction of sp³-hybridized carbons (Fsp3) is 0.600. The summed E-state index contributed by atoms with van der Waals surface area (Å²) in [6.45, 7) is -0.267. The Balaban J connectivity index is 2.24. The normalized spacial score (nSPS) is 25.9. The van der Waals surface area contributed by atoms with E-state index in [0.717, 1.165) is 0 Å². The number of nitrogens with one attached hydrogen (secondary N) is 1. The van der Waals surface area contributed by atoms with Crippen LogP contribution in [-0.4, -0.2) is 40.5 Å². The van der Waals surface area contributed by atoms with Crippen LogP contribution in [-0.2, 0) is 4.74 Å². The number of aromatic nitrogens is 2. The summed E-state index contributed by atoms with van der Waals surface area (Å²) in [4.78, 5) is 18.3. The number of ether oxygens (including phenoxy) is 1. The smallest absolute Gasteiger partial charge is 0.351 e. The molecule has 2 rings (SSSR count). The minimum Gasteiger partial charge on any atom is -0.394 e. The largest absolute Gasteiger partial charge is 0.394 e. The van der Waals surface area contributed by atoms with Gasteiger partial charge in [0.2, 0.25) is 0 Å². The molecular formula is C10H14N6O3. The zero-order valence-electron chi connectivity index (χ0n) is 10.3. The molecule has 1 aromatic heterocycles. The molecule has 1 aliphatic rings. The Morgan fingerprint density at radius 3 is 3.16 bits per heavy atom. The van der Waals surface area contributed by atoms with E-state index < -0.39 is 24.1 Å². The lowest BCUT2D eigenvalue weighted by Crippen LogP contribution is -2.27. The second-order valence-electron chi connectivity index (χ2n) is 4.07. The number of hydrogen-bond donors (Lipinski definition) is 2. The van der Waals surface area contributed by atoms with Gasteiger partial charge in [0.05, 0.1) is 18.8 Å². The summed E-state index contributed by atoms with van der Waals surface area (Å²) in [6, 6.07) is 1.15. The molecule has 0 radical (unpaired) electrons. The molecule has 9 heteroatoms. The van der Waals surface area contributed by atoms with E-state index in [-0.39, 0.29) is 6.61 Å². The van der Waals surface area contributed by atoms with E-state index in [0.29, 0.717) is 12.2 Å². The SMILES string of the molecule is CNc1ccn([C@H]2C[C@H](N=[N+]=[N-])[C@@H](CO)O2)c(=O)n1. The van der Waals surface area contributed by atoms with Gasteiger partial charge < -0.3 is 15.2 Å². The first-order chi connectivity index (χ1) is 9.19. The highest BCUT2D eigenvalue weighted by molar-refractivity contribution is 5.30. The van der Waals surface area contributed by atoms with Crippen molar-refractivity contribution in [2.45, 2.75) is 24.8 Å². The zero-order chi connectivity index (χ0) is 13.8. The molecule has 2 heterocycles. The first kappa shape index (κ1) is 13.3. The first-order valence-electron chi connectivity index (χ1n) is 5.77. The third-order valence-corrected chi connectivity index (χ3v) is 2.98. The van der Waals surface area contributed by atoms with E-state index in [2.05, 4.69) is 20.3 Å². The molecule has 0 spiro atoms. The number of aliphatic hydroxyl groups is 1. The van der Waals surface area contributed by atoms with Crippen LogP contribution in [0.3, 0.4) is 0 Å². The number of nitrogens with zero attached hydrogens (tertiary/aromatic N) is 5. The van der Waals surface area contributed by atoms with Gasteiger partial charge in [-0.25, -0.2) is 4.79 Å². The van der Waals surface area contributed by atoms with Gasteiger partial charge in [0.25, 0.3) is 0 Å². The molecule has 0 aromatic carbocycles. The lowest BCUT2D eigenvalue weighted by Gasteiger charge is -2.14. The first-order valence-corrected chi connectivity index (χ1v) is 5.77. The van der Waals surface area contributed by atoms with Crippen LogP contribution in [0.4, 0.5) is 5.82 Å². The number of anilines is 1. The van der Waals surface area contributed by atoms with Crippen molar-refractivity contribution in [1.29, 1.82) is 0 Å². The summed E-state index contributed by atoms with van der Waals surface area (Å²) < 4.78 is 6.82. The van der Waals surface area contributed by atoms with Gasteiger partial charge in [-0.15, -0.1) is 0 Å². The molecule has 3 atom stereocenters. The van der Waals surface area contributed by atoms with Crippen LogP contribution in [0.25, 0.3) is 10.4 Å². The topological polar surface area (TPSA) is 125 Å². The third kappa shape index (κ3) is 2.68. The Labute approximate surface area is 108 Å². The van der Waals surface area contributed by atoms with Crippen LogP contribution in [0.1, 0.15) is 12.6 Å². The Morgan fingerprint density at radius 2 is 2.58 bits per heavy atom. The predicted molar refractivity (Wildman–Crippen MR) is 66.6 cm³/mol. The van der Waals surface area contributed by atoms with Crippen molar-refractivity contribution in [3.8, 4) is 0 Å². The number of hydrogen-bond acceptors (Lipinski definition) is 6. The molecule has 1 fully saturated rings. The second kappa shape index (κ2) is 5.70. The van der Waals surface area contributed by atoms with Crippen molar-refractivity contribution in [2.24, 2.45) is 5.11 Å². The molecule has 0 aliphatic carbocycles. The van der Waals surface area contributed by atoms with Crippen LogP contribution in [0.2, 0.25) is 0 Å². The van der Waals surface area contributed by atoms with Crippen molar-refractivity contribution >= 4 is 5.82 Å². The highest BCUT2D eigenvalue weighted by Crippen LogP contribution is 2.29. The Kier molecular flexibility index (Phi) is 4.00. The summed E-state index contributed by atoms with van der Waals surface area (Å²) >= 11 is 0. The third-order valence-electron chi connectivity index (χ3n) is 2.98. The van der Waals surface area contributed by atoms with Gasteiger partial charge in [-0.1, -0.05) is 5.11 Å². The average Bonchev–Trinajstić information content (AvgIpc) is 2.82. The van der Waals surface area contributed by atoms with Crippen LogP contribution in [0.5, 0.6) is 0 Å². The van der Waals surface area contributed by atoms with Gasteiger partial charge in [-0.05, 0) is 11.6 Å². The maximum Gasteiger partial charge on any atom is 0.351 e. The molecule has 0 saturated carbocycles. The van der Waals surface area contributed by atoms with Crippen molar-refractivity contribution in [1.82, 2.24) is 9.55 Å². The maximum absolute atomic E-state index is 11.8. The summed E-state index contributed by atoms with van der Waals surface area (Å²) in [5.74, 6) is 0.463. The summed E-state index contributed by atoms with van der Waals surface area (Å²) in [5.41, 5.74) is 7.99. The fourth-order valence-corrected chi connectivity index (χ4v) is 2.01. The van der Waals surface area contributed by atoms with Gasteiger partial charge >= 0.3 is 5.69 Å². The minimum absolute atomic E-state index is 0.267. The molecule has 1 aromatic rings. The van der Waals surface area contributed by atoms with Crippen molar-refractivity contribution in [3.63, 3.8) is 0 Å². The lowest BCUT2D eigenvalue weighted by atomic mass is 10.1.